The van der Waals surface area contributed by atoms with Crippen LogP contribution in [0.5, 0.6) is 0 Å². The Morgan fingerprint density at radius 1 is 0.909 bits per heavy atom. The Hall–Kier alpha value is -0.620. The van der Waals surface area contributed by atoms with E-state index >= 15 is 0 Å². The highest BCUT2D eigenvalue weighted by Gasteiger charge is 2.10. The molecule has 0 saturated heterocycles. The van der Waals surface area contributed by atoms with Crippen LogP contribution in [-0.2, 0) is 19.7 Å². The van der Waals surface area contributed by atoms with Crippen molar-refractivity contribution in [3.63, 3.8) is 0 Å². The van der Waals surface area contributed by atoms with Crippen LogP contribution in [0.15, 0.2) is 22.3 Å². The molecule has 1 heterocycles. The Bertz CT molecular complexity index is 396. The molecule has 0 aromatic heterocycles. The molecule has 1 aliphatic rings. The van der Waals surface area contributed by atoms with Crippen LogP contribution in [0.1, 0.15) is 0 Å². The zero-order valence-electron chi connectivity index (χ0n) is 5.47. The summed E-state index contributed by atoms with van der Waals surface area (Å²) in [6.45, 7) is 0. The maximum atomic E-state index is 10.8. The van der Waals surface area contributed by atoms with Gasteiger partial charge in [-0.15, -0.1) is 0 Å². The fourth-order valence-corrected chi connectivity index (χ4v) is 2.92. The molecule has 0 amide bonds. The molecular formula is C5H6O4S2. The predicted octanol–water partition coefficient (Wildman–Crippen LogP) is -0.185. The van der Waals surface area contributed by atoms with E-state index in [9.17, 15) is 16.8 Å². The molecule has 1 rings (SSSR count). The van der Waals surface area contributed by atoms with Crippen LogP contribution in [0.25, 0.3) is 0 Å². The topological polar surface area (TPSA) is 68.3 Å². The van der Waals surface area contributed by atoms with Gasteiger partial charge in [0.2, 0.25) is 0 Å². The summed E-state index contributed by atoms with van der Waals surface area (Å²) in [5.74, 6) is -0.247. The molecule has 0 aliphatic carbocycles. The van der Waals surface area contributed by atoms with Gasteiger partial charge in [0.05, 0.1) is 5.75 Å². The molecule has 6 heteroatoms. The smallest absolute Gasteiger partial charge is 0.193 e. The van der Waals surface area contributed by atoms with Gasteiger partial charge in [-0.05, 0) is 0 Å². The van der Waals surface area contributed by atoms with Gasteiger partial charge in [0.25, 0.3) is 0 Å². The summed E-state index contributed by atoms with van der Waals surface area (Å²) < 4.78 is 43.0. The van der Waals surface area contributed by atoms with Crippen molar-refractivity contribution in [1.82, 2.24) is 0 Å². The van der Waals surface area contributed by atoms with Crippen molar-refractivity contribution in [3.05, 3.63) is 22.3 Å². The number of hydrogen-bond donors (Lipinski definition) is 0. The van der Waals surface area contributed by atoms with E-state index in [1.807, 2.05) is 0 Å². The first-order valence-electron chi connectivity index (χ1n) is 2.74. The minimum absolute atomic E-state index is 0.247. The van der Waals surface area contributed by atoms with Gasteiger partial charge in [-0.25, -0.2) is 16.8 Å². The second-order valence-corrected chi connectivity index (χ2v) is 5.72. The predicted molar refractivity (Wildman–Crippen MR) is 41.0 cm³/mol. The van der Waals surface area contributed by atoms with E-state index in [0.29, 0.717) is 10.8 Å². The first-order valence-corrected chi connectivity index (χ1v) is 6.06. The summed E-state index contributed by atoms with van der Waals surface area (Å²) in [5, 5.41) is 2.28. The van der Waals surface area contributed by atoms with Crippen molar-refractivity contribution in [2.45, 2.75) is 0 Å². The van der Waals surface area contributed by atoms with Crippen LogP contribution in [0.4, 0.5) is 0 Å². The third-order valence-electron chi connectivity index (χ3n) is 1.07. The number of hydrogen-bond acceptors (Lipinski definition) is 4. The van der Waals surface area contributed by atoms with E-state index < -0.39 is 19.7 Å². The first kappa shape index (κ1) is 8.48. The molecule has 0 N–H and O–H groups in total. The Morgan fingerprint density at radius 3 is 2.18 bits per heavy atom. The molecular weight excluding hydrogens is 188 g/mol. The summed E-state index contributed by atoms with van der Waals surface area (Å²) in [6, 6.07) is 0. The molecule has 0 aromatic rings. The first-order chi connectivity index (χ1) is 4.91. The van der Waals surface area contributed by atoms with Gasteiger partial charge in [0, 0.05) is 16.2 Å². The normalized spacial score (nSPS) is 26.2. The van der Waals surface area contributed by atoms with Crippen molar-refractivity contribution >= 4 is 19.7 Å². The van der Waals surface area contributed by atoms with Crippen molar-refractivity contribution in [2.24, 2.45) is 0 Å². The molecule has 0 radical (unpaired) electrons. The molecule has 0 fully saturated rings. The fraction of sp³-hybridized carbons (Fsp3) is 0.200. The second kappa shape index (κ2) is 2.46. The van der Waals surface area contributed by atoms with Gasteiger partial charge in [0.1, 0.15) is 0 Å². The Kier molecular flexibility index (Phi) is 1.89. The van der Waals surface area contributed by atoms with E-state index in [1.54, 1.807) is 0 Å². The maximum absolute atomic E-state index is 10.8. The number of rotatable bonds is 0. The molecule has 1 aliphatic heterocycles. The Labute approximate surface area is 65.1 Å². The zero-order chi connectivity index (χ0) is 8.54. The van der Waals surface area contributed by atoms with Crippen LogP contribution in [0, 0.1) is 0 Å². The lowest BCUT2D eigenvalue weighted by Gasteiger charge is -1.85. The summed E-state index contributed by atoms with van der Waals surface area (Å²) in [5.41, 5.74) is 0. The van der Waals surface area contributed by atoms with Crippen LogP contribution in [-0.4, -0.2) is 22.6 Å². The molecule has 0 aromatic carbocycles. The van der Waals surface area contributed by atoms with E-state index in [-0.39, 0.29) is 5.75 Å². The lowest BCUT2D eigenvalue weighted by atomic mass is 10.8. The second-order valence-electron chi connectivity index (χ2n) is 2.06. The van der Waals surface area contributed by atoms with Gasteiger partial charge < -0.3 is 0 Å². The van der Waals surface area contributed by atoms with Crippen molar-refractivity contribution in [1.29, 1.82) is 0 Å². The van der Waals surface area contributed by atoms with E-state index in [0.717, 1.165) is 11.5 Å². The maximum Gasteiger partial charge on any atom is 0.193 e. The van der Waals surface area contributed by atoms with Crippen molar-refractivity contribution < 1.29 is 16.8 Å². The molecule has 4 nitrogen and oxygen atoms in total. The largest absolute Gasteiger partial charge is 0.224 e. The van der Waals surface area contributed by atoms with Gasteiger partial charge in [-0.3, -0.25) is 0 Å². The third-order valence-corrected chi connectivity index (χ3v) is 3.53. The summed E-state index contributed by atoms with van der Waals surface area (Å²) in [7, 11) is -6.77. The van der Waals surface area contributed by atoms with Gasteiger partial charge in [-0.2, -0.15) is 0 Å². The standard InChI is InChI=1S/C5H6O4S2/c6-10(7)2-1-3-11(8,9)5-4-10/h1-2,4-5H,3H2. The Balaban J connectivity index is 3.26. The third kappa shape index (κ3) is 2.47. The molecule has 0 spiro atoms. The van der Waals surface area contributed by atoms with Crippen LogP contribution < -0.4 is 0 Å². The zero-order valence-corrected chi connectivity index (χ0v) is 7.10. The quantitative estimate of drug-likeness (QED) is 0.536. The lowest BCUT2D eigenvalue weighted by Crippen LogP contribution is -1.96. The molecule has 0 bridgehead atoms. The average Bonchev–Trinajstić information content (AvgIpc) is 1.92. The fourth-order valence-electron chi connectivity index (χ4n) is 0.571. The lowest BCUT2D eigenvalue weighted by molar-refractivity contribution is 0.606. The van der Waals surface area contributed by atoms with Crippen LogP contribution >= 0.6 is 0 Å². The van der Waals surface area contributed by atoms with Crippen LogP contribution in [0.3, 0.4) is 0 Å². The average molecular weight is 194 g/mol. The Morgan fingerprint density at radius 2 is 1.55 bits per heavy atom. The molecule has 11 heavy (non-hydrogen) atoms. The van der Waals surface area contributed by atoms with Gasteiger partial charge in [0.15, 0.2) is 19.7 Å². The minimum atomic E-state index is -3.43. The highest BCUT2D eigenvalue weighted by Crippen LogP contribution is 2.05. The molecule has 0 atom stereocenters. The van der Waals surface area contributed by atoms with Crippen molar-refractivity contribution in [2.75, 3.05) is 5.75 Å². The molecule has 62 valence electrons. The molecule has 0 saturated carbocycles. The van der Waals surface area contributed by atoms with Gasteiger partial charge >= 0.3 is 0 Å². The van der Waals surface area contributed by atoms with Crippen molar-refractivity contribution in [3.8, 4) is 0 Å². The van der Waals surface area contributed by atoms with E-state index in [4.69, 9.17) is 0 Å². The van der Waals surface area contributed by atoms with Crippen LogP contribution in [0.2, 0.25) is 0 Å². The monoisotopic (exact) mass is 194 g/mol. The summed E-state index contributed by atoms with van der Waals surface area (Å²) >= 11 is 0. The highest BCUT2D eigenvalue weighted by molar-refractivity contribution is 8.00. The van der Waals surface area contributed by atoms with Gasteiger partial charge in [-0.1, -0.05) is 6.08 Å². The summed E-state index contributed by atoms with van der Waals surface area (Å²) in [4.78, 5) is 0. The summed E-state index contributed by atoms with van der Waals surface area (Å²) in [6.07, 6.45) is 1.12. The SMILES string of the molecule is O=S1(=O)C=CCS(=O)(=O)C=C1. The highest BCUT2D eigenvalue weighted by atomic mass is 32.2. The van der Waals surface area contributed by atoms with E-state index in [2.05, 4.69) is 0 Å². The van der Waals surface area contributed by atoms with E-state index in [1.165, 1.54) is 0 Å². The minimum Gasteiger partial charge on any atom is -0.224 e. The molecule has 0 unspecified atom stereocenters. The number of sulfone groups is 2.